The van der Waals surface area contributed by atoms with E-state index < -0.39 is 11.7 Å². The van der Waals surface area contributed by atoms with Crippen molar-refractivity contribution in [3.63, 3.8) is 0 Å². The summed E-state index contributed by atoms with van der Waals surface area (Å²) in [6.45, 7) is 6.73. The van der Waals surface area contributed by atoms with Crippen molar-refractivity contribution in [2.45, 2.75) is 51.9 Å². The molecule has 0 radical (unpaired) electrons. The zero-order valence-corrected chi connectivity index (χ0v) is 17.4. The maximum absolute atomic E-state index is 12.5. The van der Waals surface area contributed by atoms with E-state index in [2.05, 4.69) is 10.3 Å². The average molecular weight is 406 g/mol. The summed E-state index contributed by atoms with van der Waals surface area (Å²) in [5.41, 5.74) is 0.300. The van der Waals surface area contributed by atoms with Crippen molar-refractivity contribution in [3.8, 4) is 0 Å². The maximum Gasteiger partial charge on any atom is 0.410 e. The topological polar surface area (TPSA) is 80.8 Å². The minimum Gasteiger partial charge on any atom is -0.444 e. The number of nitrogens with zero attached hydrogens (tertiary/aromatic N) is 2. The van der Waals surface area contributed by atoms with Crippen molar-refractivity contribution >= 4 is 33.6 Å². The number of hydrogen-bond acceptors (Lipinski definition) is 6. The van der Waals surface area contributed by atoms with Gasteiger partial charge in [-0.05, 0) is 45.7 Å². The standard InChI is InChI=1S/C20H27N3O4S/c1-20(2,3)27-19(25)23(12-14-7-6-10-26-14)13-17(24)21-11-18-22-15-8-4-5-9-16(15)28-18/h4-5,8-9,14H,6-7,10-13H2,1-3H3,(H,21,24)/t14-/m1/s1. The second kappa shape index (κ2) is 8.87. The molecule has 2 aromatic rings. The predicted octanol–water partition coefficient (Wildman–Crippen LogP) is 3.33. The van der Waals surface area contributed by atoms with Crippen molar-refractivity contribution in [2.24, 2.45) is 0 Å². The quantitative estimate of drug-likeness (QED) is 0.797. The fraction of sp³-hybridized carbons (Fsp3) is 0.550. The van der Waals surface area contributed by atoms with E-state index >= 15 is 0 Å². The molecule has 0 bridgehead atoms. The lowest BCUT2D eigenvalue weighted by Crippen LogP contribution is -2.46. The summed E-state index contributed by atoms with van der Waals surface area (Å²) in [7, 11) is 0. The van der Waals surface area contributed by atoms with Crippen LogP contribution in [-0.2, 0) is 20.8 Å². The van der Waals surface area contributed by atoms with Gasteiger partial charge in [0.1, 0.15) is 17.2 Å². The van der Waals surface area contributed by atoms with E-state index in [1.807, 2.05) is 45.0 Å². The lowest BCUT2D eigenvalue weighted by molar-refractivity contribution is -0.122. The molecule has 2 heterocycles. The van der Waals surface area contributed by atoms with Gasteiger partial charge in [-0.25, -0.2) is 9.78 Å². The van der Waals surface area contributed by atoms with Gasteiger partial charge >= 0.3 is 6.09 Å². The molecule has 8 heteroatoms. The molecule has 1 aliphatic rings. The number of amides is 2. The van der Waals surface area contributed by atoms with Crippen LogP contribution in [-0.4, -0.2) is 53.3 Å². The molecular weight excluding hydrogens is 378 g/mol. The summed E-state index contributed by atoms with van der Waals surface area (Å²) in [5, 5.41) is 3.68. The number of fused-ring (bicyclic) bond motifs is 1. The van der Waals surface area contributed by atoms with E-state index in [9.17, 15) is 9.59 Å². The highest BCUT2D eigenvalue weighted by atomic mass is 32.1. The number of para-hydroxylation sites is 1. The van der Waals surface area contributed by atoms with Crippen LogP contribution in [0.2, 0.25) is 0 Å². The summed E-state index contributed by atoms with van der Waals surface area (Å²) < 4.78 is 12.2. The van der Waals surface area contributed by atoms with Gasteiger partial charge < -0.3 is 14.8 Å². The van der Waals surface area contributed by atoms with Crippen molar-refractivity contribution in [1.82, 2.24) is 15.2 Å². The van der Waals surface area contributed by atoms with E-state index in [4.69, 9.17) is 9.47 Å². The van der Waals surface area contributed by atoms with E-state index in [0.717, 1.165) is 28.1 Å². The molecule has 3 rings (SSSR count). The molecule has 1 aliphatic heterocycles. The minimum absolute atomic E-state index is 0.0513. The zero-order chi connectivity index (χ0) is 20.1. The van der Waals surface area contributed by atoms with Gasteiger partial charge in [0, 0.05) is 6.61 Å². The molecule has 0 saturated carbocycles. The molecule has 28 heavy (non-hydrogen) atoms. The fourth-order valence-corrected chi connectivity index (χ4v) is 3.87. The maximum atomic E-state index is 12.5. The SMILES string of the molecule is CC(C)(C)OC(=O)N(CC(=O)NCc1nc2ccccc2s1)C[C@H]1CCCO1. The molecule has 0 spiro atoms. The molecule has 1 fully saturated rings. The summed E-state index contributed by atoms with van der Waals surface area (Å²) in [4.78, 5) is 30.9. The third kappa shape index (κ3) is 5.90. The van der Waals surface area contributed by atoms with Crippen LogP contribution in [0.1, 0.15) is 38.6 Å². The number of carbonyl (C=O) groups is 2. The van der Waals surface area contributed by atoms with Crippen LogP contribution in [0.3, 0.4) is 0 Å². The first-order valence-electron chi connectivity index (χ1n) is 9.51. The summed E-state index contributed by atoms with van der Waals surface area (Å²) in [6, 6.07) is 7.86. The molecular formula is C20H27N3O4S. The van der Waals surface area contributed by atoms with E-state index in [-0.39, 0.29) is 18.6 Å². The number of aromatic nitrogens is 1. The summed E-state index contributed by atoms with van der Waals surface area (Å²) >= 11 is 1.55. The highest BCUT2D eigenvalue weighted by molar-refractivity contribution is 7.18. The second-order valence-electron chi connectivity index (χ2n) is 7.85. The fourth-order valence-electron chi connectivity index (χ4n) is 2.96. The Morgan fingerprint density at radius 1 is 1.36 bits per heavy atom. The molecule has 1 N–H and O–H groups in total. The second-order valence-corrected chi connectivity index (χ2v) is 8.96. The smallest absolute Gasteiger partial charge is 0.410 e. The van der Waals surface area contributed by atoms with Crippen molar-refractivity contribution in [2.75, 3.05) is 19.7 Å². The lowest BCUT2D eigenvalue weighted by Gasteiger charge is -2.28. The van der Waals surface area contributed by atoms with Gasteiger partial charge in [0.2, 0.25) is 5.91 Å². The number of rotatable bonds is 6. The lowest BCUT2D eigenvalue weighted by atomic mass is 10.2. The van der Waals surface area contributed by atoms with E-state index in [1.165, 1.54) is 4.90 Å². The van der Waals surface area contributed by atoms with Crippen LogP contribution in [0.5, 0.6) is 0 Å². The van der Waals surface area contributed by atoms with Crippen molar-refractivity contribution in [3.05, 3.63) is 29.3 Å². The van der Waals surface area contributed by atoms with Crippen LogP contribution < -0.4 is 5.32 Å². The van der Waals surface area contributed by atoms with Crippen LogP contribution in [0.4, 0.5) is 4.79 Å². The molecule has 1 aromatic heterocycles. The molecule has 152 valence electrons. The van der Waals surface area contributed by atoms with Crippen LogP contribution >= 0.6 is 11.3 Å². The monoisotopic (exact) mass is 405 g/mol. The van der Waals surface area contributed by atoms with Crippen LogP contribution in [0.15, 0.2) is 24.3 Å². The third-order valence-electron chi connectivity index (χ3n) is 4.21. The van der Waals surface area contributed by atoms with Crippen LogP contribution in [0, 0.1) is 0 Å². The Labute approximate surface area is 169 Å². The van der Waals surface area contributed by atoms with Gasteiger partial charge in [-0.1, -0.05) is 12.1 Å². The van der Waals surface area contributed by atoms with E-state index in [1.54, 1.807) is 11.3 Å². The highest BCUT2D eigenvalue weighted by Crippen LogP contribution is 2.21. The summed E-state index contributed by atoms with van der Waals surface area (Å²) in [6.07, 6.45) is 1.30. The molecule has 1 atom stereocenters. The molecule has 2 amide bonds. The first kappa shape index (κ1) is 20.5. The number of ether oxygens (including phenoxy) is 2. The number of benzene rings is 1. The Morgan fingerprint density at radius 2 is 2.14 bits per heavy atom. The zero-order valence-electron chi connectivity index (χ0n) is 16.6. The van der Waals surface area contributed by atoms with Gasteiger partial charge in [-0.15, -0.1) is 11.3 Å². The summed E-state index contributed by atoms with van der Waals surface area (Å²) in [5.74, 6) is -0.247. The molecule has 1 saturated heterocycles. The normalized spacial score (nSPS) is 16.9. The third-order valence-corrected chi connectivity index (χ3v) is 5.25. The molecule has 0 unspecified atom stereocenters. The number of carbonyl (C=O) groups excluding carboxylic acids is 2. The number of hydrogen-bond donors (Lipinski definition) is 1. The Hall–Kier alpha value is -2.19. The first-order chi connectivity index (χ1) is 13.3. The van der Waals surface area contributed by atoms with Gasteiger partial charge in [-0.3, -0.25) is 9.69 Å². The average Bonchev–Trinajstić information content (AvgIpc) is 3.26. The largest absolute Gasteiger partial charge is 0.444 e. The predicted molar refractivity (Wildman–Crippen MR) is 108 cm³/mol. The highest BCUT2D eigenvalue weighted by Gasteiger charge is 2.28. The molecule has 7 nitrogen and oxygen atoms in total. The van der Waals surface area contributed by atoms with Crippen molar-refractivity contribution < 1.29 is 19.1 Å². The van der Waals surface area contributed by atoms with E-state index in [0.29, 0.717) is 19.7 Å². The molecule has 0 aliphatic carbocycles. The van der Waals surface area contributed by atoms with Gasteiger partial charge in [-0.2, -0.15) is 0 Å². The van der Waals surface area contributed by atoms with Crippen molar-refractivity contribution in [1.29, 1.82) is 0 Å². The van der Waals surface area contributed by atoms with Gasteiger partial charge in [0.15, 0.2) is 0 Å². The first-order valence-corrected chi connectivity index (χ1v) is 10.3. The Balaban J connectivity index is 1.58. The van der Waals surface area contributed by atoms with Gasteiger partial charge in [0.25, 0.3) is 0 Å². The number of thiazole rings is 1. The molecule has 1 aromatic carbocycles. The Bertz CT molecular complexity index is 791. The Kier molecular flexibility index (Phi) is 6.51. The van der Waals surface area contributed by atoms with Crippen LogP contribution in [0.25, 0.3) is 10.2 Å². The Morgan fingerprint density at radius 3 is 2.82 bits per heavy atom. The minimum atomic E-state index is -0.622. The van der Waals surface area contributed by atoms with Gasteiger partial charge in [0.05, 0.1) is 29.4 Å². The number of nitrogens with one attached hydrogen (secondary N) is 1.